The molecule has 1 unspecified atom stereocenters. The van der Waals surface area contributed by atoms with Crippen molar-refractivity contribution >= 4 is 40.0 Å². The van der Waals surface area contributed by atoms with E-state index in [0.717, 1.165) is 0 Å². The monoisotopic (exact) mass is 465 g/mol. The number of benzene rings is 3. The van der Waals surface area contributed by atoms with Gasteiger partial charge in [0.05, 0.1) is 33.2 Å². The van der Waals surface area contributed by atoms with Crippen molar-refractivity contribution in [3.63, 3.8) is 0 Å². The van der Waals surface area contributed by atoms with E-state index in [2.05, 4.69) is 0 Å². The quantitative estimate of drug-likeness (QED) is 0.367. The molecule has 0 bridgehead atoms. The molecular weight excluding hydrogens is 445 g/mol. The molecule has 0 spiro atoms. The van der Waals surface area contributed by atoms with Crippen LogP contribution in [-0.2, 0) is 0 Å². The summed E-state index contributed by atoms with van der Waals surface area (Å²) in [4.78, 5) is 33.3. The van der Waals surface area contributed by atoms with E-state index in [1.165, 1.54) is 4.57 Å². The first-order valence-corrected chi connectivity index (χ1v) is 11.0. The van der Waals surface area contributed by atoms with Crippen LogP contribution in [0.25, 0.3) is 16.6 Å². The van der Waals surface area contributed by atoms with Gasteiger partial charge < -0.3 is 4.90 Å². The Kier molecular flexibility index (Phi) is 6.31. The lowest BCUT2D eigenvalue weighted by Crippen LogP contribution is -2.37. The second kappa shape index (κ2) is 9.15. The van der Waals surface area contributed by atoms with Gasteiger partial charge in [-0.3, -0.25) is 14.2 Å². The van der Waals surface area contributed by atoms with Crippen LogP contribution in [0.1, 0.15) is 36.1 Å². The molecule has 0 aliphatic carbocycles. The van der Waals surface area contributed by atoms with Crippen LogP contribution < -0.4 is 5.56 Å². The maximum absolute atomic E-state index is 13.5. The molecule has 3 aromatic carbocycles. The minimum Gasteiger partial charge on any atom is -0.329 e. The van der Waals surface area contributed by atoms with Crippen molar-refractivity contribution < 1.29 is 4.79 Å². The zero-order valence-electron chi connectivity index (χ0n) is 17.6. The number of hydrogen-bond donors (Lipinski definition) is 0. The van der Waals surface area contributed by atoms with Gasteiger partial charge in [0, 0.05) is 11.6 Å². The molecule has 1 heterocycles. The van der Waals surface area contributed by atoms with Crippen LogP contribution >= 0.6 is 23.2 Å². The molecular formula is C25H21Cl2N3O2. The van der Waals surface area contributed by atoms with Crippen molar-refractivity contribution in [2.24, 2.45) is 0 Å². The fraction of sp³-hybridized carbons (Fsp3) is 0.160. The van der Waals surface area contributed by atoms with Gasteiger partial charge in [-0.05, 0) is 56.3 Å². The lowest BCUT2D eigenvalue weighted by atomic mass is 10.1. The molecule has 0 saturated carbocycles. The highest BCUT2D eigenvalue weighted by atomic mass is 35.5. The van der Waals surface area contributed by atoms with E-state index in [1.807, 2.05) is 19.9 Å². The Labute approximate surface area is 195 Å². The fourth-order valence-corrected chi connectivity index (χ4v) is 4.22. The molecule has 0 saturated heterocycles. The van der Waals surface area contributed by atoms with Gasteiger partial charge in [0.15, 0.2) is 0 Å². The summed E-state index contributed by atoms with van der Waals surface area (Å²) in [5, 5.41) is 1.37. The average molecular weight is 466 g/mol. The smallest absolute Gasteiger partial charge is 0.266 e. The number of nitrogens with zero attached hydrogens (tertiary/aromatic N) is 3. The molecule has 5 nitrogen and oxygen atoms in total. The van der Waals surface area contributed by atoms with Crippen molar-refractivity contribution in [3.8, 4) is 5.69 Å². The van der Waals surface area contributed by atoms with E-state index >= 15 is 0 Å². The largest absolute Gasteiger partial charge is 0.329 e. The van der Waals surface area contributed by atoms with Crippen LogP contribution in [0.3, 0.4) is 0 Å². The number of amides is 1. The first-order chi connectivity index (χ1) is 15.4. The van der Waals surface area contributed by atoms with E-state index in [4.69, 9.17) is 28.2 Å². The molecule has 162 valence electrons. The van der Waals surface area contributed by atoms with Crippen molar-refractivity contribution in [1.29, 1.82) is 0 Å². The van der Waals surface area contributed by atoms with Crippen LogP contribution in [-0.4, -0.2) is 26.9 Å². The van der Waals surface area contributed by atoms with E-state index < -0.39 is 6.04 Å². The molecule has 4 rings (SSSR count). The Bertz CT molecular complexity index is 1370. The standard InChI is InChI=1S/C25H21Cl2N3O2/c1-3-29(24(31)19-11-4-6-13-21(19)27)16(2)23-28-22-14-7-5-12-20(22)25(32)30(23)18-10-8-9-17(26)15-18/h4-16H,3H2,1-2H3. The van der Waals surface area contributed by atoms with Gasteiger partial charge in [0.2, 0.25) is 0 Å². The molecule has 4 aromatic rings. The first kappa shape index (κ1) is 22.1. The number of carbonyl (C=O) groups excluding carboxylic acids is 1. The number of halogens is 2. The first-order valence-electron chi connectivity index (χ1n) is 10.3. The van der Waals surface area contributed by atoms with Crippen LogP contribution in [0, 0.1) is 0 Å². The van der Waals surface area contributed by atoms with Crippen molar-refractivity contribution in [1.82, 2.24) is 14.5 Å². The Balaban J connectivity index is 1.92. The third kappa shape index (κ3) is 4.01. The number of para-hydroxylation sites is 1. The Hall–Kier alpha value is -3.15. The lowest BCUT2D eigenvalue weighted by Gasteiger charge is -2.30. The van der Waals surface area contributed by atoms with Gasteiger partial charge in [-0.1, -0.05) is 53.5 Å². The van der Waals surface area contributed by atoms with Gasteiger partial charge in [-0.25, -0.2) is 4.98 Å². The molecule has 0 radical (unpaired) electrons. The summed E-state index contributed by atoms with van der Waals surface area (Å²) in [6.07, 6.45) is 0. The predicted molar refractivity (Wildman–Crippen MR) is 129 cm³/mol. The lowest BCUT2D eigenvalue weighted by molar-refractivity contribution is 0.0693. The van der Waals surface area contributed by atoms with Crippen molar-refractivity contribution in [2.75, 3.05) is 6.54 Å². The molecule has 1 amide bonds. The van der Waals surface area contributed by atoms with Gasteiger partial charge >= 0.3 is 0 Å². The van der Waals surface area contributed by atoms with E-state index in [9.17, 15) is 9.59 Å². The minimum absolute atomic E-state index is 0.221. The van der Waals surface area contributed by atoms with E-state index in [0.29, 0.717) is 44.6 Å². The molecule has 1 atom stereocenters. The number of carbonyl (C=O) groups is 1. The maximum Gasteiger partial charge on any atom is 0.266 e. The summed E-state index contributed by atoms with van der Waals surface area (Å²) in [5.41, 5.74) is 1.34. The highest BCUT2D eigenvalue weighted by Gasteiger charge is 2.27. The fourth-order valence-electron chi connectivity index (χ4n) is 3.82. The summed E-state index contributed by atoms with van der Waals surface area (Å²) >= 11 is 12.5. The minimum atomic E-state index is -0.514. The van der Waals surface area contributed by atoms with Crippen LogP contribution in [0.4, 0.5) is 0 Å². The second-order valence-corrected chi connectivity index (χ2v) is 8.20. The molecule has 0 aliphatic heterocycles. The zero-order valence-corrected chi connectivity index (χ0v) is 19.1. The number of rotatable bonds is 5. The van der Waals surface area contributed by atoms with Crippen molar-refractivity contribution in [3.05, 3.63) is 105 Å². The predicted octanol–water partition coefficient (Wildman–Crippen LogP) is 5.92. The van der Waals surface area contributed by atoms with Crippen LogP contribution in [0.5, 0.6) is 0 Å². The number of hydrogen-bond acceptors (Lipinski definition) is 3. The van der Waals surface area contributed by atoms with Gasteiger partial charge in [-0.15, -0.1) is 0 Å². The highest BCUT2D eigenvalue weighted by molar-refractivity contribution is 6.33. The van der Waals surface area contributed by atoms with E-state index in [1.54, 1.807) is 71.6 Å². The van der Waals surface area contributed by atoms with E-state index in [-0.39, 0.29) is 11.5 Å². The Morgan fingerprint density at radius 2 is 1.75 bits per heavy atom. The Morgan fingerprint density at radius 1 is 1.03 bits per heavy atom. The molecule has 0 aliphatic rings. The zero-order chi connectivity index (χ0) is 22.8. The average Bonchev–Trinajstić information content (AvgIpc) is 2.79. The topological polar surface area (TPSA) is 55.2 Å². The molecule has 1 aromatic heterocycles. The normalized spacial score (nSPS) is 12.0. The molecule has 0 N–H and O–H groups in total. The van der Waals surface area contributed by atoms with Gasteiger partial charge in [0.1, 0.15) is 5.82 Å². The summed E-state index contributed by atoms with van der Waals surface area (Å²) < 4.78 is 1.53. The third-order valence-electron chi connectivity index (χ3n) is 5.42. The Morgan fingerprint density at radius 3 is 2.47 bits per heavy atom. The number of aromatic nitrogens is 2. The maximum atomic E-state index is 13.5. The summed E-state index contributed by atoms with van der Waals surface area (Å²) in [6, 6.07) is 20.6. The summed E-state index contributed by atoms with van der Waals surface area (Å²) in [5.74, 6) is 0.212. The van der Waals surface area contributed by atoms with Gasteiger partial charge in [0.25, 0.3) is 11.5 Å². The SMILES string of the molecule is CCN(C(=O)c1ccccc1Cl)C(C)c1nc2ccccc2c(=O)n1-c1cccc(Cl)c1. The number of fused-ring (bicyclic) bond motifs is 1. The molecule has 7 heteroatoms. The van der Waals surface area contributed by atoms with Crippen LogP contribution in [0.2, 0.25) is 10.0 Å². The molecule has 32 heavy (non-hydrogen) atoms. The summed E-state index contributed by atoms with van der Waals surface area (Å²) in [7, 11) is 0. The van der Waals surface area contributed by atoms with Crippen molar-refractivity contribution in [2.45, 2.75) is 19.9 Å². The third-order valence-corrected chi connectivity index (χ3v) is 5.98. The highest BCUT2D eigenvalue weighted by Crippen LogP contribution is 2.27. The van der Waals surface area contributed by atoms with Crippen LogP contribution in [0.15, 0.2) is 77.6 Å². The van der Waals surface area contributed by atoms with Gasteiger partial charge in [-0.2, -0.15) is 0 Å². The second-order valence-electron chi connectivity index (χ2n) is 7.35. The molecule has 0 fully saturated rings. The summed E-state index contributed by atoms with van der Waals surface area (Å²) in [6.45, 7) is 4.15.